The molecular weight excluding hydrogens is 448 g/mol. The average Bonchev–Trinajstić information content (AvgIpc) is 3.24. The molecule has 0 saturated heterocycles. The highest BCUT2D eigenvalue weighted by Crippen LogP contribution is 2.27. The fourth-order valence-corrected chi connectivity index (χ4v) is 4.76. The van der Waals surface area contributed by atoms with Gasteiger partial charge in [-0.2, -0.15) is 5.10 Å². The number of aromatic nitrogens is 4. The van der Waals surface area contributed by atoms with E-state index in [1.165, 1.54) is 5.56 Å². The summed E-state index contributed by atoms with van der Waals surface area (Å²) in [5.41, 5.74) is 5.19. The molecule has 2 atom stereocenters. The van der Waals surface area contributed by atoms with Crippen LogP contribution in [-0.4, -0.2) is 31.0 Å². The van der Waals surface area contributed by atoms with E-state index in [0.717, 1.165) is 36.0 Å². The molecule has 2 heterocycles. The summed E-state index contributed by atoms with van der Waals surface area (Å²) in [5.74, 6) is 0.488. The Morgan fingerprint density at radius 2 is 1.50 bits per heavy atom. The standard InChI is InChI=1S/C30H30N4O2/c1-20-27-29(34(33-20)26(21(2)35)15-9-12-22-10-5-3-6-11-22)31-28(32-30(27)36)25-18-16-24(17-19-25)23-13-7-4-8-14-23/h3-8,10-11,13-14,16-19,21,26,35H,9,12,15H2,1-2H3,(H,31,32,36). The molecule has 0 aliphatic rings. The largest absolute Gasteiger partial charge is 0.391 e. The van der Waals surface area contributed by atoms with E-state index in [9.17, 15) is 9.90 Å². The molecule has 0 aliphatic carbocycles. The van der Waals surface area contributed by atoms with Crippen molar-refractivity contribution in [3.63, 3.8) is 0 Å². The minimum Gasteiger partial charge on any atom is -0.391 e. The number of rotatable bonds is 8. The zero-order chi connectivity index (χ0) is 25.1. The Morgan fingerprint density at radius 1 is 0.889 bits per heavy atom. The number of aryl methyl sites for hydroxylation is 2. The number of nitrogens with one attached hydrogen (secondary N) is 1. The second kappa shape index (κ2) is 10.3. The number of aliphatic hydroxyl groups excluding tert-OH is 1. The molecule has 0 aliphatic heterocycles. The van der Waals surface area contributed by atoms with Crippen molar-refractivity contribution >= 4 is 11.0 Å². The van der Waals surface area contributed by atoms with Gasteiger partial charge in [0.2, 0.25) is 0 Å². The predicted molar refractivity (Wildman–Crippen MR) is 144 cm³/mol. The lowest BCUT2D eigenvalue weighted by molar-refractivity contribution is 0.118. The average molecular weight is 479 g/mol. The van der Waals surface area contributed by atoms with Crippen LogP contribution in [0.4, 0.5) is 0 Å². The Balaban J connectivity index is 1.47. The van der Waals surface area contributed by atoms with Gasteiger partial charge in [-0.15, -0.1) is 0 Å². The first kappa shape index (κ1) is 23.7. The van der Waals surface area contributed by atoms with Crippen LogP contribution in [0.3, 0.4) is 0 Å². The number of hydrogen-bond acceptors (Lipinski definition) is 4. The number of H-pyrrole nitrogens is 1. The van der Waals surface area contributed by atoms with E-state index in [4.69, 9.17) is 4.98 Å². The highest BCUT2D eigenvalue weighted by atomic mass is 16.3. The monoisotopic (exact) mass is 478 g/mol. The number of fused-ring (bicyclic) bond motifs is 1. The number of benzene rings is 3. The van der Waals surface area contributed by atoms with E-state index in [1.807, 2.05) is 67.6 Å². The molecule has 36 heavy (non-hydrogen) atoms. The number of aliphatic hydroxyl groups is 1. The van der Waals surface area contributed by atoms with Crippen LogP contribution in [0.1, 0.15) is 37.1 Å². The van der Waals surface area contributed by atoms with Gasteiger partial charge in [-0.05, 0) is 49.8 Å². The normalized spacial score (nSPS) is 13.1. The van der Waals surface area contributed by atoms with Crippen LogP contribution in [0.25, 0.3) is 33.5 Å². The Hall–Kier alpha value is -4.03. The molecule has 5 rings (SSSR count). The molecule has 2 aromatic heterocycles. The lowest BCUT2D eigenvalue weighted by atomic mass is 10.0. The number of nitrogens with zero attached hydrogens (tertiary/aromatic N) is 3. The summed E-state index contributed by atoms with van der Waals surface area (Å²) >= 11 is 0. The van der Waals surface area contributed by atoms with Crippen molar-refractivity contribution in [3.8, 4) is 22.5 Å². The van der Waals surface area contributed by atoms with Gasteiger partial charge in [0, 0.05) is 5.56 Å². The molecule has 0 amide bonds. The van der Waals surface area contributed by atoms with Crippen LogP contribution in [0.15, 0.2) is 89.7 Å². The SMILES string of the molecule is Cc1nn(C(CCCc2ccccc2)C(C)O)c2nc(-c3ccc(-c4ccccc4)cc3)[nH]c(=O)c12. The van der Waals surface area contributed by atoms with Gasteiger partial charge in [0.15, 0.2) is 5.65 Å². The van der Waals surface area contributed by atoms with Crippen LogP contribution >= 0.6 is 0 Å². The van der Waals surface area contributed by atoms with E-state index < -0.39 is 6.10 Å². The summed E-state index contributed by atoms with van der Waals surface area (Å²) in [5, 5.41) is 15.8. The molecule has 182 valence electrons. The van der Waals surface area contributed by atoms with Crippen LogP contribution in [0, 0.1) is 6.92 Å². The molecule has 0 saturated carbocycles. The Kier molecular flexibility index (Phi) is 6.78. The van der Waals surface area contributed by atoms with E-state index in [2.05, 4.69) is 34.3 Å². The van der Waals surface area contributed by atoms with E-state index in [1.54, 1.807) is 11.6 Å². The molecule has 5 aromatic rings. The van der Waals surface area contributed by atoms with Crippen molar-refractivity contribution in [2.24, 2.45) is 0 Å². The van der Waals surface area contributed by atoms with Gasteiger partial charge in [-0.3, -0.25) is 4.79 Å². The molecule has 6 nitrogen and oxygen atoms in total. The molecule has 3 aromatic carbocycles. The van der Waals surface area contributed by atoms with Crippen molar-refractivity contribution in [1.82, 2.24) is 19.7 Å². The van der Waals surface area contributed by atoms with E-state index >= 15 is 0 Å². The molecular formula is C30H30N4O2. The lowest BCUT2D eigenvalue weighted by Gasteiger charge is -2.21. The number of hydrogen-bond donors (Lipinski definition) is 2. The summed E-state index contributed by atoms with van der Waals surface area (Å²) in [6, 6.07) is 28.2. The third-order valence-electron chi connectivity index (χ3n) is 6.68. The third kappa shape index (κ3) is 4.86. The number of aromatic amines is 1. The maximum Gasteiger partial charge on any atom is 0.262 e. The van der Waals surface area contributed by atoms with Crippen LogP contribution in [-0.2, 0) is 6.42 Å². The van der Waals surface area contributed by atoms with Gasteiger partial charge in [0.25, 0.3) is 5.56 Å². The molecule has 0 fully saturated rings. The van der Waals surface area contributed by atoms with Crippen molar-refractivity contribution < 1.29 is 5.11 Å². The van der Waals surface area contributed by atoms with Gasteiger partial charge in [-0.1, -0.05) is 84.9 Å². The molecule has 0 radical (unpaired) electrons. The fraction of sp³-hybridized carbons (Fsp3) is 0.233. The Labute approximate surface area is 210 Å². The first-order valence-electron chi connectivity index (χ1n) is 12.4. The van der Waals surface area contributed by atoms with Crippen molar-refractivity contribution in [1.29, 1.82) is 0 Å². The zero-order valence-electron chi connectivity index (χ0n) is 20.6. The zero-order valence-corrected chi connectivity index (χ0v) is 20.6. The minimum absolute atomic E-state index is 0.223. The fourth-order valence-electron chi connectivity index (χ4n) is 4.76. The Morgan fingerprint density at radius 3 is 2.17 bits per heavy atom. The highest BCUT2D eigenvalue weighted by Gasteiger charge is 2.24. The van der Waals surface area contributed by atoms with E-state index in [0.29, 0.717) is 22.6 Å². The molecule has 2 N–H and O–H groups in total. The van der Waals surface area contributed by atoms with Gasteiger partial charge in [0.05, 0.1) is 17.8 Å². The Bertz CT molecular complexity index is 1500. The highest BCUT2D eigenvalue weighted by molar-refractivity contribution is 5.79. The topological polar surface area (TPSA) is 83.8 Å². The maximum atomic E-state index is 13.1. The lowest BCUT2D eigenvalue weighted by Crippen LogP contribution is -2.23. The van der Waals surface area contributed by atoms with Gasteiger partial charge >= 0.3 is 0 Å². The maximum absolute atomic E-state index is 13.1. The summed E-state index contributed by atoms with van der Waals surface area (Å²) < 4.78 is 1.75. The molecule has 0 bridgehead atoms. The first-order chi connectivity index (χ1) is 17.5. The third-order valence-corrected chi connectivity index (χ3v) is 6.68. The van der Waals surface area contributed by atoms with Crippen LogP contribution in [0.5, 0.6) is 0 Å². The summed E-state index contributed by atoms with van der Waals surface area (Å²) in [6.45, 7) is 3.58. The van der Waals surface area contributed by atoms with Gasteiger partial charge < -0.3 is 10.1 Å². The van der Waals surface area contributed by atoms with Crippen LogP contribution in [0.2, 0.25) is 0 Å². The van der Waals surface area contributed by atoms with Crippen molar-refractivity contribution in [2.75, 3.05) is 0 Å². The van der Waals surface area contributed by atoms with Crippen LogP contribution < -0.4 is 5.56 Å². The van der Waals surface area contributed by atoms with Crippen molar-refractivity contribution in [2.45, 2.75) is 45.3 Å². The summed E-state index contributed by atoms with van der Waals surface area (Å²) in [4.78, 5) is 20.8. The minimum atomic E-state index is -0.641. The smallest absolute Gasteiger partial charge is 0.262 e. The quantitative estimate of drug-likeness (QED) is 0.299. The molecule has 0 spiro atoms. The van der Waals surface area contributed by atoms with Gasteiger partial charge in [-0.25, -0.2) is 9.67 Å². The summed E-state index contributed by atoms with van der Waals surface area (Å²) in [7, 11) is 0. The van der Waals surface area contributed by atoms with Crippen molar-refractivity contribution in [3.05, 3.63) is 107 Å². The van der Waals surface area contributed by atoms with Gasteiger partial charge in [0.1, 0.15) is 11.2 Å². The van der Waals surface area contributed by atoms with E-state index in [-0.39, 0.29) is 11.6 Å². The second-order valence-electron chi connectivity index (χ2n) is 9.27. The predicted octanol–water partition coefficient (Wildman–Crippen LogP) is 5.71. The first-order valence-corrected chi connectivity index (χ1v) is 12.4. The second-order valence-corrected chi connectivity index (χ2v) is 9.27. The molecule has 2 unspecified atom stereocenters. The molecule has 6 heteroatoms. The summed E-state index contributed by atoms with van der Waals surface area (Å²) in [6.07, 6.45) is 1.88.